The Morgan fingerprint density at radius 1 is 1.10 bits per heavy atom. The zero-order valence-corrected chi connectivity index (χ0v) is 16.2. The molecule has 0 saturated heterocycles. The summed E-state index contributed by atoms with van der Waals surface area (Å²) in [6.07, 6.45) is 0. The molecule has 3 N–H and O–H groups in total. The number of rotatable bonds is 6. The van der Waals surface area contributed by atoms with Gasteiger partial charge in [0.15, 0.2) is 0 Å². The van der Waals surface area contributed by atoms with Crippen molar-refractivity contribution in [3.8, 4) is 11.1 Å². The van der Waals surface area contributed by atoms with Crippen LogP contribution in [0.5, 0.6) is 0 Å². The fraction of sp³-hybridized carbons (Fsp3) is 0.0909. The van der Waals surface area contributed by atoms with Crippen LogP contribution in [0.25, 0.3) is 11.1 Å². The summed E-state index contributed by atoms with van der Waals surface area (Å²) in [5.41, 5.74) is 7.85. The molecule has 1 aliphatic rings. The van der Waals surface area contributed by atoms with Gasteiger partial charge in [0.25, 0.3) is 11.8 Å². The van der Waals surface area contributed by atoms with Crippen molar-refractivity contribution in [3.63, 3.8) is 0 Å². The molecule has 0 aromatic heterocycles. The third-order valence-electron chi connectivity index (χ3n) is 4.71. The summed E-state index contributed by atoms with van der Waals surface area (Å²) in [5.74, 6) is -2.51. The first kappa shape index (κ1) is 20.5. The standard InChI is InChI=1S/C22H19N3O5/c1-12(22(29)30-3)24-20(27)13(2)25-11-18-16(8-5-9-17(18)21(25)28)14-6-4-7-15(10-14)19(23)26/h4-10H,1-2,11H2,3H3,(H2,23,26)(H,24,27). The van der Waals surface area contributed by atoms with E-state index >= 15 is 0 Å². The van der Waals surface area contributed by atoms with Crippen molar-refractivity contribution in [3.05, 3.63) is 83.7 Å². The summed E-state index contributed by atoms with van der Waals surface area (Å²) in [4.78, 5) is 49.4. The molecule has 0 unspecified atom stereocenters. The van der Waals surface area contributed by atoms with E-state index in [-0.39, 0.29) is 17.9 Å². The molecular weight excluding hydrogens is 386 g/mol. The maximum Gasteiger partial charge on any atom is 0.353 e. The number of nitrogens with zero attached hydrogens (tertiary/aromatic N) is 1. The Kier molecular flexibility index (Phi) is 5.50. The number of fused-ring (bicyclic) bond motifs is 1. The summed E-state index contributed by atoms with van der Waals surface area (Å²) < 4.78 is 4.48. The predicted octanol–water partition coefficient (Wildman–Crippen LogP) is 1.72. The Morgan fingerprint density at radius 2 is 1.77 bits per heavy atom. The molecule has 0 saturated carbocycles. The Balaban J connectivity index is 1.89. The maximum absolute atomic E-state index is 12.9. The van der Waals surface area contributed by atoms with Gasteiger partial charge in [0.2, 0.25) is 5.91 Å². The fourth-order valence-electron chi connectivity index (χ4n) is 3.17. The predicted molar refractivity (Wildman–Crippen MR) is 109 cm³/mol. The Labute approximate surface area is 172 Å². The molecule has 30 heavy (non-hydrogen) atoms. The number of carbonyl (C=O) groups excluding carboxylic acids is 4. The van der Waals surface area contributed by atoms with E-state index in [0.717, 1.165) is 12.7 Å². The lowest BCUT2D eigenvalue weighted by atomic mass is 9.96. The van der Waals surface area contributed by atoms with Gasteiger partial charge in [-0.3, -0.25) is 19.3 Å². The van der Waals surface area contributed by atoms with Gasteiger partial charge in [-0.25, -0.2) is 4.79 Å². The van der Waals surface area contributed by atoms with Crippen LogP contribution >= 0.6 is 0 Å². The average molecular weight is 405 g/mol. The van der Waals surface area contributed by atoms with Gasteiger partial charge in [0.05, 0.1) is 13.7 Å². The van der Waals surface area contributed by atoms with Crippen LogP contribution in [-0.4, -0.2) is 35.7 Å². The number of hydrogen-bond donors (Lipinski definition) is 2. The number of carbonyl (C=O) groups is 4. The Morgan fingerprint density at radius 3 is 2.43 bits per heavy atom. The van der Waals surface area contributed by atoms with Crippen LogP contribution in [0.2, 0.25) is 0 Å². The van der Waals surface area contributed by atoms with Crippen LogP contribution < -0.4 is 11.1 Å². The lowest BCUT2D eigenvalue weighted by Crippen LogP contribution is -2.36. The molecule has 8 nitrogen and oxygen atoms in total. The lowest BCUT2D eigenvalue weighted by molar-refractivity contribution is -0.137. The minimum Gasteiger partial charge on any atom is -0.464 e. The smallest absolute Gasteiger partial charge is 0.353 e. The normalized spacial score (nSPS) is 12.2. The van der Waals surface area contributed by atoms with E-state index in [9.17, 15) is 19.2 Å². The van der Waals surface area contributed by atoms with Gasteiger partial charge < -0.3 is 15.8 Å². The molecule has 152 valence electrons. The molecular formula is C22H19N3O5. The van der Waals surface area contributed by atoms with Crippen molar-refractivity contribution in [2.24, 2.45) is 5.73 Å². The number of nitrogens with one attached hydrogen (secondary N) is 1. The highest BCUT2D eigenvalue weighted by atomic mass is 16.5. The number of hydrogen-bond acceptors (Lipinski definition) is 5. The molecule has 1 aliphatic heterocycles. The van der Waals surface area contributed by atoms with E-state index in [1.54, 1.807) is 36.4 Å². The highest BCUT2D eigenvalue weighted by Crippen LogP contribution is 2.34. The van der Waals surface area contributed by atoms with E-state index in [4.69, 9.17) is 5.73 Å². The van der Waals surface area contributed by atoms with Crippen molar-refractivity contribution in [2.75, 3.05) is 7.11 Å². The second-order valence-corrected chi connectivity index (χ2v) is 6.54. The van der Waals surface area contributed by atoms with Crippen molar-refractivity contribution < 1.29 is 23.9 Å². The van der Waals surface area contributed by atoms with Crippen LogP contribution in [-0.2, 0) is 20.9 Å². The number of nitrogens with two attached hydrogens (primary N) is 1. The summed E-state index contributed by atoms with van der Waals surface area (Å²) in [5, 5.41) is 2.27. The fourth-order valence-corrected chi connectivity index (χ4v) is 3.17. The van der Waals surface area contributed by atoms with Crippen molar-refractivity contribution in [2.45, 2.75) is 6.54 Å². The van der Waals surface area contributed by atoms with Gasteiger partial charge in [-0.2, -0.15) is 0 Å². The van der Waals surface area contributed by atoms with Gasteiger partial charge in [-0.1, -0.05) is 37.4 Å². The first-order valence-corrected chi connectivity index (χ1v) is 8.86. The van der Waals surface area contributed by atoms with E-state index < -0.39 is 23.7 Å². The van der Waals surface area contributed by atoms with Crippen LogP contribution in [0.3, 0.4) is 0 Å². The van der Waals surface area contributed by atoms with Crippen molar-refractivity contribution in [1.29, 1.82) is 0 Å². The second kappa shape index (κ2) is 8.04. The number of benzene rings is 2. The van der Waals surface area contributed by atoms with Crippen molar-refractivity contribution in [1.82, 2.24) is 10.2 Å². The van der Waals surface area contributed by atoms with Crippen molar-refractivity contribution >= 4 is 23.7 Å². The topological polar surface area (TPSA) is 119 Å². The van der Waals surface area contributed by atoms with Gasteiger partial charge >= 0.3 is 5.97 Å². The second-order valence-electron chi connectivity index (χ2n) is 6.54. The zero-order valence-electron chi connectivity index (χ0n) is 16.2. The third-order valence-corrected chi connectivity index (χ3v) is 4.71. The first-order valence-electron chi connectivity index (χ1n) is 8.86. The maximum atomic E-state index is 12.9. The molecule has 2 aromatic carbocycles. The molecule has 0 bridgehead atoms. The average Bonchev–Trinajstić information content (AvgIpc) is 3.09. The molecule has 2 aromatic rings. The molecule has 0 radical (unpaired) electrons. The lowest BCUT2D eigenvalue weighted by Gasteiger charge is -2.18. The quantitative estimate of drug-likeness (QED) is 0.560. The summed E-state index contributed by atoms with van der Waals surface area (Å²) in [7, 11) is 1.16. The SMILES string of the molecule is C=C(NC(=O)C(=C)N1Cc2c(cccc2-c2cccc(C(N)=O)c2)C1=O)C(=O)OC. The highest BCUT2D eigenvalue weighted by Gasteiger charge is 2.33. The van der Waals surface area contributed by atoms with Crippen LogP contribution in [0.1, 0.15) is 26.3 Å². The molecule has 3 rings (SSSR count). The zero-order chi connectivity index (χ0) is 22.0. The number of primary amides is 1. The van der Waals surface area contributed by atoms with Crippen LogP contribution in [0.15, 0.2) is 67.0 Å². The molecule has 1 heterocycles. The van der Waals surface area contributed by atoms with E-state index in [1.165, 1.54) is 4.90 Å². The number of esters is 1. The summed E-state index contributed by atoms with van der Waals surface area (Å²) in [6, 6.07) is 11.9. The van der Waals surface area contributed by atoms with Crippen LogP contribution in [0.4, 0.5) is 0 Å². The molecule has 0 aliphatic carbocycles. The van der Waals surface area contributed by atoms with E-state index in [0.29, 0.717) is 22.3 Å². The van der Waals surface area contributed by atoms with Crippen LogP contribution in [0, 0.1) is 0 Å². The molecule has 0 spiro atoms. The van der Waals surface area contributed by atoms with E-state index in [1.807, 2.05) is 6.07 Å². The van der Waals surface area contributed by atoms with Gasteiger partial charge in [0.1, 0.15) is 11.4 Å². The Hall–Kier alpha value is -4.20. The monoisotopic (exact) mass is 405 g/mol. The first-order chi connectivity index (χ1) is 14.2. The Bertz CT molecular complexity index is 1120. The van der Waals surface area contributed by atoms with Gasteiger partial charge in [-0.15, -0.1) is 0 Å². The molecule has 8 heteroatoms. The highest BCUT2D eigenvalue weighted by molar-refractivity contribution is 6.08. The summed E-state index contributed by atoms with van der Waals surface area (Å²) >= 11 is 0. The molecule has 0 fully saturated rings. The van der Waals surface area contributed by atoms with Gasteiger partial charge in [0, 0.05) is 11.1 Å². The van der Waals surface area contributed by atoms with Gasteiger partial charge in [-0.05, 0) is 34.9 Å². The largest absolute Gasteiger partial charge is 0.464 e. The minimum atomic E-state index is -0.802. The summed E-state index contributed by atoms with van der Waals surface area (Å²) in [6.45, 7) is 7.21. The van der Waals surface area contributed by atoms with E-state index in [2.05, 4.69) is 23.2 Å². The molecule has 3 amide bonds. The molecule has 0 atom stereocenters. The number of ether oxygens (including phenoxy) is 1. The third kappa shape index (κ3) is 3.70. The number of amides is 3. The number of methoxy groups -OCH3 is 1. The minimum absolute atomic E-state index is 0.0993.